The third-order valence-electron chi connectivity index (χ3n) is 3.54. The summed E-state index contributed by atoms with van der Waals surface area (Å²) >= 11 is 5.86. The molecule has 3 nitrogen and oxygen atoms in total. The zero-order valence-corrected chi connectivity index (χ0v) is 14.1. The Labute approximate surface area is 149 Å². The van der Waals surface area contributed by atoms with E-state index in [0.717, 1.165) is 31.0 Å². The topological polar surface area (TPSA) is 41.1 Å². The van der Waals surface area contributed by atoms with Crippen molar-refractivity contribution in [2.45, 2.75) is 19.0 Å². The van der Waals surface area contributed by atoms with Crippen molar-refractivity contribution in [3.05, 3.63) is 64.7 Å². The molecular formula is C18H18ClF3N2O. The summed E-state index contributed by atoms with van der Waals surface area (Å²) in [5, 5.41) is 5.49. The van der Waals surface area contributed by atoms with Crippen LogP contribution >= 0.6 is 11.6 Å². The van der Waals surface area contributed by atoms with Gasteiger partial charge in [0.05, 0.1) is 22.8 Å². The van der Waals surface area contributed by atoms with Gasteiger partial charge in [-0.1, -0.05) is 41.9 Å². The number of aryl methyl sites for hydroxylation is 1. The fraction of sp³-hybridized carbons (Fsp3) is 0.278. The highest BCUT2D eigenvalue weighted by molar-refractivity contribution is 6.33. The van der Waals surface area contributed by atoms with Gasteiger partial charge >= 0.3 is 6.18 Å². The van der Waals surface area contributed by atoms with Gasteiger partial charge in [-0.25, -0.2) is 0 Å². The van der Waals surface area contributed by atoms with E-state index in [-0.39, 0.29) is 23.2 Å². The van der Waals surface area contributed by atoms with Crippen LogP contribution in [-0.2, 0) is 17.4 Å². The lowest BCUT2D eigenvalue weighted by atomic mass is 10.1. The molecule has 0 heterocycles. The largest absolute Gasteiger partial charge is 0.416 e. The minimum Gasteiger partial charge on any atom is -0.375 e. The maximum absolute atomic E-state index is 12.7. The average molecular weight is 371 g/mol. The highest BCUT2D eigenvalue weighted by Gasteiger charge is 2.30. The molecule has 0 saturated carbocycles. The molecule has 0 aromatic heterocycles. The third kappa shape index (κ3) is 6.31. The number of anilines is 1. The summed E-state index contributed by atoms with van der Waals surface area (Å²) in [4.78, 5) is 11.8. The van der Waals surface area contributed by atoms with E-state index in [4.69, 9.17) is 11.6 Å². The third-order valence-corrected chi connectivity index (χ3v) is 3.87. The van der Waals surface area contributed by atoms with E-state index < -0.39 is 11.7 Å². The molecule has 1 amide bonds. The molecule has 25 heavy (non-hydrogen) atoms. The summed E-state index contributed by atoms with van der Waals surface area (Å²) < 4.78 is 38.1. The minimum absolute atomic E-state index is 0.0796. The SMILES string of the molecule is O=C(CNc1cc(C(F)(F)F)ccc1Cl)NCCCc1ccccc1. The fourth-order valence-electron chi connectivity index (χ4n) is 2.24. The average Bonchev–Trinajstić information content (AvgIpc) is 2.58. The second-order valence-corrected chi connectivity index (χ2v) is 5.89. The fourth-order valence-corrected chi connectivity index (χ4v) is 2.42. The maximum atomic E-state index is 12.7. The molecular weight excluding hydrogens is 353 g/mol. The summed E-state index contributed by atoms with van der Waals surface area (Å²) in [6, 6.07) is 12.8. The molecule has 0 spiro atoms. The van der Waals surface area contributed by atoms with Crippen molar-refractivity contribution >= 4 is 23.2 Å². The van der Waals surface area contributed by atoms with E-state index in [1.807, 2.05) is 30.3 Å². The number of amides is 1. The summed E-state index contributed by atoms with van der Waals surface area (Å²) in [5.74, 6) is -0.304. The minimum atomic E-state index is -4.46. The Morgan fingerprint density at radius 3 is 2.48 bits per heavy atom. The quantitative estimate of drug-likeness (QED) is 0.703. The van der Waals surface area contributed by atoms with Crippen molar-refractivity contribution in [1.82, 2.24) is 5.32 Å². The molecule has 0 unspecified atom stereocenters. The molecule has 2 N–H and O–H groups in total. The predicted octanol–water partition coefficient (Wildman–Crippen LogP) is 4.52. The smallest absolute Gasteiger partial charge is 0.375 e. The number of alkyl halides is 3. The number of halogens is 4. The second-order valence-electron chi connectivity index (χ2n) is 5.49. The Morgan fingerprint density at radius 1 is 1.08 bits per heavy atom. The first kappa shape index (κ1) is 19.1. The molecule has 0 aliphatic heterocycles. The van der Waals surface area contributed by atoms with E-state index in [1.165, 1.54) is 5.56 Å². The number of hydrogen-bond acceptors (Lipinski definition) is 2. The molecule has 0 saturated heterocycles. The number of rotatable bonds is 7. The lowest BCUT2D eigenvalue weighted by Crippen LogP contribution is -2.30. The van der Waals surface area contributed by atoms with Gasteiger partial charge in [-0.2, -0.15) is 13.2 Å². The molecule has 2 aromatic carbocycles. The molecule has 7 heteroatoms. The molecule has 0 fully saturated rings. The zero-order chi connectivity index (χ0) is 18.3. The normalized spacial score (nSPS) is 11.2. The van der Waals surface area contributed by atoms with Crippen LogP contribution < -0.4 is 10.6 Å². The van der Waals surface area contributed by atoms with E-state index >= 15 is 0 Å². The Morgan fingerprint density at radius 2 is 1.80 bits per heavy atom. The molecule has 0 aliphatic carbocycles. The predicted molar refractivity (Wildman–Crippen MR) is 92.7 cm³/mol. The van der Waals surface area contributed by atoms with E-state index in [1.54, 1.807) is 0 Å². The second kappa shape index (κ2) is 8.76. The van der Waals surface area contributed by atoms with Gasteiger partial charge in [0.2, 0.25) is 5.91 Å². The van der Waals surface area contributed by atoms with Crippen molar-refractivity contribution in [2.75, 3.05) is 18.4 Å². The van der Waals surface area contributed by atoms with E-state index in [9.17, 15) is 18.0 Å². The molecule has 134 valence electrons. The molecule has 2 aromatic rings. The highest BCUT2D eigenvalue weighted by Crippen LogP contribution is 2.33. The van der Waals surface area contributed by atoms with Crippen molar-refractivity contribution < 1.29 is 18.0 Å². The molecule has 0 atom stereocenters. The van der Waals surface area contributed by atoms with Gasteiger partial charge < -0.3 is 10.6 Å². The molecule has 2 rings (SSSR count). The number of benzene rings is 2. The molecule has 0 aliphatic rings. The Hall–Kier alpha value is -2.21. The van der Waals surface area contributed by atoms with Crippen molar-refractivity contribution in [3.63, 3.8) is 0 Å². The van der Waals surface area contributed by atoms with Gasteiger partial charge in [-0.05, 0) is 36.6 Å². The van der Waals surface area contributed by atoms with Gasteiger partial charge in [0.25, 0.3) is 0 Å². The van der Waals surface area contributed by atoms with Gasteiger partial charge in [0.15, 0.2) is 0 Å². The number of carbonyl (C=O) groups excluding carboxylic acids is 1. The zero-order valence-electron chi connectivity index (χ0n) is 13.4. The maximum Gasteiger partial charge on any atom is 0.416 e. The highest BCUT2D eigenvalue weighted by atomic mass is 35.5. The summed E-state index contributed by atoms with van der Waals surface area (Å²) in [5.41, 5.74) is 0.448. The van der Waals surface area contributed by atoms with Gasteiger partial charge in [0.1, 0.15) is 0 Å². The molecule has 0 bridgehead atoms. The van der Waals surface area contributed by atoms with Crippen LogP contribution in [0, 0.1) is 0 Å². The van der Waals surface area contributed by atoms with Crippen LogP contribution in [-0.4, -0.2) is 19.0 Å². The van der Waals surface area contributed by atoms with Crippen LogP contribution in [0.3, 0.4) is 0 Å². The van der Waals surface area contributed by atoms with Gasteiger partial charge in [0, 0.05) is 6.54 Å². The van der Waals surface area contributed by atoms with Crippen LogP contribution in [0.25, 0.3) is 0 Å². The first-order valence-corrected chi connectivity index (χ1v) is 8.15. The Balaban J connectivity index is 1.76. The Bertz CT molecular complexity index is 705. The standard InChI is InChI=1S/C18H18ClF3N2O/c19-15-9-8-14(18(20,21)22)11-16(15)24-12-17(25)23-10-4-7-13-5-2-1-3-6-13/h1-3,5-6,8-9,11,24H,4,7,10,12H2,(H,23,25). The summed E-state index contributed by atoms with van der Waals surface area (Å²) in [6.45, 7) is 0.345. The summed E-state index contributed by atoms with van der Waals surface area (Å²) in [6.07, 6.45) is -2.84. The van der Waals surface area contributed by atoms with Crippen molar-refractivity contribution in [2.24, 2.45) is 0 Å². The lowest BCUT2D eigenvalue weighted by molar-refractivity contribution is -0.137. The van der Waals surface area contributed by atoms with Crippen LogP contribution in [0.1, 0.15) is 17.5 Å². The van der Waals surface area contributed by atoms with E-state index in [2.05, 4.69) is 10.6 Å². The Kier molecular flexibility index (Phi) is 6.70. The van der Waals surface area contributed by atoms with Gasteiger partial charge in [-0.15, -0.1) is 0 Å². The van der Waals surface area contributed by atoms with Crippen LogP contribution in [0.5, 0.6) is 0 Å². The lowest BCUT2D eigenvalue weighted by Gasteiger charge is -2.12. The first-order valence-electron chi connectivity index (χ1n) is 7.77. The number of carbonyl (C=O) groups is 1. The molecule has 0 radical (unpaired) electrons. The van der Waals surface area contributed by atoms with Crippen LogP contribution in [0.2, 0.25) is 5.02 Å². The van der Waals surface area contributed by atoms with Crippen LogP contribution in [0.4, 0.5) is 18.9 Å². The van der Waals surface area contributed by atoms with Crippen molar-refractivity contribution in [1.29, 1.82) is 0 Å². The van der Waals surface area contributed by atoms with Gasteiger partial charge in [-0.3, -0.25) is 4.79 Å². The first-order chi connectivity index (χ1) is 11.9. The van der Waals surface area contributed by atoms with E-state index in [0.29, 0.717) is 6.54 Å². The van der Waals surface area contributed by atoms with Crippen LogP contribution in [0.15, 0.2) is 48.5 Å². The summed E-state index contributed by atoms with van der Waals surface area (Å²) in [7, 11) is 0. The monoisotopic (exact) mass is 370 g/mol. The number of hydrogen-bond donors (Lipinski definition) is 2. The van der Waals surface area contributed by atoms with Crippen molar-refractivity contribution in [3.8, 4) is 0 Å². The number of nitrogens with one attached hydrogen (secondary N) is 2.